The lowest BCUT2D eigenvalue weighted by Gasteiger charge is -2.19. The van der Waals surface area contributed by atoms with Crippen molar-refractivity contribution in [2.75, 3.05) is 13.2 Å². The lowest BCUT2D eigenvalue weighted by Crippen LogP contribution is -2.34. The average Bonchev–Trinajstić information content (AvgIpc) is 3.14. The van der Waals surface area contributed by atoms with Crippen molar-refractivity contribution in [3.8, 4) is 17.1 Å². The SMILES string of the molecule is CCN(Cc1nc(-c2ccc(Cl)cc2)no1)C(=O)COc1ccc(C)cc1C. The molecule has 7 heteroatoms. The number of hydrogen-bond donors (Lipinski definition) is 0. The fraction of sp³-hybridized carbons (Fsp3) is 0.286. The number of benzene rings is 2. The van der Waals surface area contributed by atoms with Gasteiger partial charge in [-0.2, -0.15) is 4.98 Å². The molecule has 0 aliphatic heterocycles. The highest BCUT2D eigenvalue weighted by molar-refractivity contribution is 6.30. The minimum atomic E-state index is -0.145. The molecular formula is C21H22ClN3O3. The molecule has 2 aromatic carbocycles. The molecule has 0 spiro atoms. The van der Waals surface area contributed by atoms with Crippen LogP contribution in [0, 0.1) is 13.8 Å². The van der Waals surface area contributed by atoms with E-state index in [2.05, 4.69) is 10.1 Å². The first-order valence-electron chi connectivity index (χ1n) is 9.02. The van der Waals surface area contributed by atoms with Gasteiger partial charge in [-0.1, -0.05) is 34.5 Å². The van der Waals surface area contributed by atoms with E-state index in [1.807, 2.05) is 51.1 Å². The van der Waals surface area contributed by atoms with Gasteiger partial charge in [0.25, 0.3) is 5.91 Å². The highest BCUT2D eigenvalue weighted by Crippen LogP contribution is 2.20. The van der Waals surface area contributed by atoms with E-state index in [0.29, 0.717) is 29.0 Å². The Balaban J connectivity index is 1.62. The van der Waals surface area contributed by atoms with E-state index in [4.69, 9.17) is 20.9 Å². The normalized spacial score (nSPS) is 10.7. The molecule has 0 unspecified atom stereocenters. The highest BCUT2D eigenvalue weighted by Gasteiger charge is 2.17. The molecule has 0 atom stereocenters. The standard InChI is InChI=1S/C21H22ClN3O3/c1-4-25(20(26)13-27-18-10-5-14(2)11-15(18)3)12-19-23-21(24-28-19)16-6-8-17(22)9-7-16/h5-11H,4,12-13H2,1-3H3. The largest absolute Gasteiger partial charge is 0.484 e. The van der Waals surface area contributed by atoms with E-state index in [1.54, 1.807) is 17.0 Å². The number of hydrogen-bond acceptors (Lipinski definition) is 5. The Bertz CT molecular complexity index is 954. The molecule has 1 amide bonds. The van der Waals surface area contributed by atoms with Gasteiger partial charge in [-0.3, -0.25) is 4.79 Å². The van der Waals surface area contributed by atoms with Crippen LogP contribution in [0.1, 0.15) is 23.9 Å². The third-order valence-corrected chi connectivity index (χ3v) is 4.56. The molecule has 0 aliphatic carbocycles. The summed E-state index contributed by atoms with van der Waals surface area (Å²) in [7, 11) is 0. The summed E-state index contributed by atoms with van der Waals surface area (Å²) in [6.07, 6.45) is 0. The summed E-state index contributed by atoms with van der Waals surface area (Å²) < 4.78 is 11.0. The number of likely N-dealkylation sites (N-methyl/N-ethyl adjacent to an activating group) is 1. The van der Waals surface area contributed by atoms with Crippen molar-refractivity contribution in [3.05, 3.63) is 64.5 Å². The lowest BCUT2D eigenvalue weighted by molar-refractivity contribution is -0.134. The highest BCUT2D eigenvalue weighted by atomic mass is 35.5. The van der Waals surface area contributed by atoms with E-state index >= 15 is 0 Å². The summed E-state index contributed by atoms with van der Waals surface area (Å²) in [4.78, 5) is 18.5. The van der Waals surface area contributed by atoms with Crippen LogP contribution < -0.4 is 4.74 Å². The summed E-state index contributed by atoms with van der Waals surface area (Å²) in [5.41, 5.74) is 2.95. The van der Waals surface area contributed by atoms with Gasteiger partial charge in [0.2, 0.25) is 11.7 Å². The van der Waals surface area contributed by atoms with E-state index in [-0.39, 0.29) is 19.1 Å². The monoisotopic (exact) mass is 399 g/mol. The summed E-state index contributed by atoms with van der Waals surface area (Å²) in [6.45, 7) is 6.56. The van der Waals surface area contributed by atoms with Gasteiger partial charge in [0.1, 0.15) is 12.3 Å². The first-order valence-corrected chi connectivity index (χ1v) is 9.40. The Morgan fingerprint density at radius 2 is 1.93 bits per heavy atom. The molecule has 0 radical (unpaired) electrons. The second kappa shape index (κ2) is 8.89. The molecule has 1 heterocycles. The molecule has 0 aliphatic rings. The summed E-state index contributed by atoms with van der Waals surface area (Å²) >= 11 is 5.90. The van der Waals surface area contributed by atoms with Crippen molar-refractivity contribution < 1.29 is 14.1 Å². The molecule has 0 saturated heterocycles. The zero-order chi connectivity index (χ0) is 20.1. The quantitative estimate of drug-likeness (QED) is 0.587. The Morgan fingerprint density at radius 3 is 2.61 bits per heavy atom. The van der Waals surface area contributed by atoms with E-state index < -0.39 is 0 Å². The molecule has 28 heavy (non-hydrogen) atoms. The lowest BCUT2D eigenvalue weighted by atomic mass is 10.1. The molecule has 0 bridgehead atoms. The number of carbonyl (C=O) groups excluding carboxylic acids is 1. The molecule has 0 saturated carbocycles. The van der Waals surface area contributed by atoms with Gasteiger partial charge in [-0.15, -0.1) is 0 Å². The number of rotatable bonds is 7. The smallest absolute Gasteiger partial charge is 0.260 e. The van der Waals surface area contributed by atoms with E-state index in [9.17, 15) is 4.79 Å². The Labute approximate surface area is 169 Å². The fourth-order valence-electron chi connectivity index (χ4n) is 2.77. The van der Waals surface area contributed by atoms with Crippen molar-refractivity contribution >= 4 is 17.5 Å². The van der Waals surface area contributed by atoms with Crippen molar-refractivity contribution in [1.82, 2.24) is 15.0 Å². The molecule has 3 aromatic rings. The van der Waals surface area contributed by atoms with Gasteiger partial charge < -0.3 is 14.2 Å². The Morgan fingerprint density at radius 1 is 1.18 bits per heavy atom. The molecule has 3 rings (SSSR count). The fourth-order valence-corrected chi connectivity index (χ4v) is 2.89. The van der Waals surface area contributed by atoms with Crippen LogP contribution in [0.15, 0.2) is 47.0 Å². The topological polar surface area (TPSA) is 68.5 Å². The minimum Gasteiger partial charge on any atom is -0.484 e. The van der Waals surface area contributed by atoms with Gasteiger partial charge in [0.05, 0.1) is 0 Å². The Kier molecular flexibility index (Phi) is 6.31. The first kappa shape index (κ1) is 19.9. The third kappa shape index (κ3) is 4.89. The first-order chi connectivity index (χ1) is 13.5. The van der Waals surface area contributed by atoms with Crippen LogP contribution in [0.3, 0.4) is 0 Å². The van der Waals surface area contributed by atoms with Crippen LogP contribution in [-0.4, -0.2) is 34.1 Å². The van der Waals surface area contributed by atoms with Gasteiger partial charge in [-0.25, -0.2) is 0 Å². The third-order valence-electron chi connectivity index (χ3n) is 4.31. The number of ether oxygens (including phenoxy) is 1. The molecular weight excluding hydrogens is 378 g/mol. The minimum absolute atomic E-state index is 0.0457. The average molecular weight is 400 g/mol. The van der Waals surface area contributed by atoms with Crippen LogP contribution in [0.2, 0.25) is 5.02 Å². The van der Waals surface area contributed by atoms with Crippen molar-refractivity contribution in [2.45, 2.75) is 27.3 Å². The van der Waals surface area contributed by atoms with Gasteiger partial charge >= 0.3 is 0 Å². The predicted molar refractivity (Wildman–Crippen MR) is 107 cm³/mol. The number of nitrogens with zero attached hydrogens (tertiary/aromatic N) is 3. The summed E-state index contributed by atoms with van der Waals surface area (Å²) in [5.74, 6) is 1.39. The van der Waals surface area contributed by atoms with Crippen molar-refractivity contribution in [1.29, 1.82) is 0 Å². The molecule has 6 nitrogen and oxygen atoms in total. The Hall–Kier alpha value is -2.86. The number of amides is 1. The van der Waals surface area contributed by atoms with E-state index in [1.165, 1.54) is 0 Å². The maximum Gasteiger partial charge on any atom is 0.260 e. The second-order valence-electron chi connectivity index (χ2n) is 6.48. The maximum atomic E-state index is 12.5. The van der Waals surface area contributed by atoms with Gasteiger partial charge in [0.15, 0.2) is 6.61 Å². The second-order valence-corrected chi connectivity index (χ2v) is 6.92. The van der Waals surface area contributed by atoms with Crippen LogP contribution in [0.25, 0.3) is 11.4 Å². The molecule has 146 valence electrons. The summed E-state index contributed by atoms with van der Waals surface area (Å²) in [5, 5.41) is 4.62. The van der Waals surface area contributed by atoms with Crippen LogP contribution in [-0.2, 0) is 11.3 Å². The van der Waals surface area contributed by atoms with Crippen LogP contribution >= 0.6 is 11.6 Å². The maximum absolute atomic E-state index is 12.5. The molecule has 1 aromatic heterocycles. The van der Waals surface area contributed by atoms with Crippen LogP contribution in [0.4, 0.5) is 0 Å². The van der Waals surface area contributed by atoms with Crippen LogP contribution in [0.5, 0.6) is 5.75 Å². The zero-order valence-corrected chi connectivity index (χ0v) is 16.9. The number of carbonyl (C=O) groups is 1. The zero-order valence-electron chi connectivity index (χ0n) is 16.1. The van der Waals surface area contributed by atoms with Crippen molar-refractivity contribution in [2.24, 2.45) is 0 Å². The predicted octanol–water partition coefficient (Wildman–Crippen LogP) is 4.43. The molecule has 0 N–H and O–H groups in total. The number of aromatic nitrogens is 2. The molecule has 0 fully saturated rings. The summed E-state index contributed by atoms with van der Waals surface area (Å²) in [6, 6.07) is 13.0. The van der Waals surface area contributed by atoms with Gasteiger partial charge in [0, 0.05) is 17.1 Å². The number of halogens is 1. The van der Waals surface area contributed by atoms with E-state index in [0.717, 1.165) is 16.7 Å². The van der Waals surface area contributed by atoms with Gasteiger partial charge in [-0.05, 0) is 56.7 Å². The van der Waals surface area contributed by atoms with Crippen molar-refractivity contribution in [3.63, 3.8) is 0 Å². The number of aryl methyl sites for hydroxylation is 2.